The van der Waals surface area contributed by atoms with Crippen LogP contribution in [-0.2, 0) is 62.4 Å². The summed E-state index contributed by atoms with van der Waals surface area (Å²) in [4.78, 5) is 67.0. The number of benzene rings is 3. The molecular formula is C46H58F3N9O9. The Morgan fingerprint density at radius 3 is 2.34 bits per heavy atom. The summed E-state index contributed by atoms with van der Waals surface area (Å²) in [6.07, 6.45) is -3.31. The van der Waals surface area contributed by atoms with Crippen molar-refractivity contribution in [2.75, 3.05) is 20.2 Å². The summed E-state index contributed by atoms with van der Waals surface area (Å²) >= 11 is 0. The molecule has 0 saturated carbocycles. The number of carboxylic acid groups (broad SMARTS) is 1. The number of likely N-dealkylation sites (N-methyl/N-ethyl adjacent to an activating group) is 1. The van der Waals surface area contributed by atoms with Crippen LogP contribution in [0.3, 0.4) is 0 Å². The molecule has 18 nitrogen and oxygen atoms in total. The van der Waals surface area contributed by atoms with Crippen LogP contribution in [-0.4, -0.2) is 117 Å². The third-order valence-corrected chi connectivity index (χ3v) is 11.2. The quantitative estimate of drug-likeness (QED) is 0.115. The van der Waals surface area contributed by atoms with Crippen LogP contribution in [0.25, 0.3) is 0 Å². The second-order valence-electron chi connectivity index (χ2n) is 16.4. The number of phenolic OH excluding ortho intramolecular Hbond substituents is 1. The number of phenols is 1. The zero-order valence-corrected chi connectivity index (χ0v) is 37.2. The first-order valence-electron chi connectivity index (χ1n) is 22.0. The molecule has 6 atom stereocenters. The lowest BCUT2D eigenvalue weighted by Gasteiger charge is -2.30. The van der Waals surface area contributed by atoms with E-state index in [0.717, 1.165) is 18.2 Å². The van der Waals surface area contributed by atoms with Gasteiger partial charge in [0.05, 0.1) is 36.0 Å². The molecule has 3 aromatic carbocycles. The predicted molar refractivity (Wildman–Crippen MR) is 237 cm³/mol. The average molecular weight is 938 g/mol. The largest absolute Gasteiger partial charge is 0.508 e. The van der Waals surface area contributed by atoms with Crippen molar-refractivity contribution in [1.29, 1.82) is 0 Å². The highest BCUT2D eigenvalue weighted by Crippen LogP contribution is 2.30. The van der Waals surface area contributed by atoms with Crippen molar-refractivity contribution < 1.29 is 57.2 Å². The number of carbonyl (C=O) groups excluding carboxylic acids is 4. The summed E-state index contributed by atoms with van der Waals surface area (Å²) in [6, 6.07) is 10.2. The van der Waals surface area contributed by atoms with E-state index in [4.69, 9.17) is 4.74 Å². The van der Waals surface area contributed by atoms with Gasteiger partial charge in [-0.1, -0.05) is 47.7 Å². The Balaban J connectivity index is 1.46. The van der Waals surface area contributed by atoms with Gasteiger partial charge in [-0.15, -0.1) is 5.10 Å². The Labute approximate surface area is 385 Å². The van der Waals surface area contributed by atoms with Gasteiger partial charge in [0.25, 0.3) is 0 Å². The van der Waals surface area contributed by atoms with Crippen LogP contribution in [0.1, 0.15) is 67.0 Å². The number of rotatable bonds is 8. The number of fused-ring (bicyclic) bond motifs is 23. The molecule has 9 N–H and O–H groups in total. The Hall–Kier alpha value is -6.58. The SMILES string of the molecule is CN[C@@H](C)C(=O)N[C@H]1CCCCNC(=O)CCc2cn(nn2)CCCOc2ccc(cc2)C[C@H](C(=O)O)NC(=O)[C@H](Cc2cccc(C(F)(F)F)c2)NC(=O)[C@H](Cc2ccc(O)cc2)NC1O. The van der Waals surface area contributed by atoms with Crippen molar-refractivity contribution in [2.45, 2.75) is 114 Å². The van der Waals surface area contributed by atoms with Crippen molar-refractivity contribution >= 4 is 29.6 Å². The summed E-state index contributed by atoms with van der Waals surface area (Å²) in [5.74, 6) is -3.58. The molecule has 0 aliphatic carbocycles. The summed E-state index contributed by atoms with van der Waals surface area (Å²) < 4.78 is 48.9. The summed E-state index contributed by atoms with van der Waals surface area (Å²) in [6.45, 7) is 2.70. The maximum Gasteiger partial charge on any atom is 0.416 e. The van der Waals surface area contributed by atoms with Gasteiger partial charge in [-0.25, -0.2) is 4.79 Å². The number of amides is 4. The van der Waals surface area contributed by atoms with Crippen LogP contribution >= 0.6 is 0 Å². The Morgan fingerprint density at radius 2 is 1.64 bits per heavy atom. The highest BCUT2D eigenvalue weighted by Gasteiger charge is 2.34. The molecule has 4 amide bonds. The smallest absolute Gasteiger partial charge is 0.416 e. The highest BCUT2D eigenvalue weighted by molar-refractivity contribution is 5.92. The number of ether oxygens (including phenoxy) is 1. The first kappa shape index (κ1) is 51.4. The Morgan fingerprint density at radius 1 is 0.925 bits per heavy atom. The fraction of sp³-hybridized carbons (Fsp3) is 0.457. The second kappa shape index (κ2) is 24.8. The number of nitrogens with zero attached hydrogens (tertiary/aromatic N) is 3. The number of carboxylic acids is 1. The lowest BCUT2D eigenvalue weighted by Crippen LogP contribution is -2.60. The number of carbonyl (C=O) groups is 5. The van der Waals surface area contributed by atoms with Crippen LogP contribution in [0.5, 0.6) is 11.5 Å². The zero-order valence-electron chi connectivity index (χ0n) is 37.2. The zero-order chi connectivity index (χ0) is 48.5. The lowest BCUT2D eigenvalue weighted by atomic mass is 9.99. The predicted octanol–water partition coefficient (Wildman–Crippen LogP) is 2.16. The van der Waals surface area contributed by atoms with Crippen LogP contribution in [0.4, 0.5) is 13.2 Å². The molecule has 362 valence electrons. The van der Waals surface area contributed by atoms with Crippen molar-refractivity contribution in [3.05, 3.63) is 107 Å². The fourth-order valence-corrected chi connectivity index (χ4v) is 7.21. The van der Waals surface area contributed by atoms with Crippen LogP contribution in [0, 0.1) is 0 Å². The third kappa shape index (κ3) is 16.7. The van der Waals surface area contributed by atoms with E-state index in [1.165, 1.54) is 30.3 Å². The van der Waals surface area contributed by atoms with E-state index in [2.05, 4.69) is 42.2 Å². The molecule has 67 heavy (non-hydrogen) atoms. The van der Waals surface area contributed by atoms with Gasteiger partial charge in [0, 0.05) is 51.4 Å². The number of aromatic nitrogens is 3. The van der Waals surface area contributed by atoms with Gasteiger partial charge in [-0.3, -0.25) is 29.2 Å². The minimum atomic E-state index is -4.73. The molecular weight excluding hydrogens is 880 g/mol. The number of aryl methyl sites for hydroxylation is 2. The monoisotopic (exact) mass is 937 g/mol. The second-order valence-corrected chi connectivity index (χ2v) is 16.4. The van der Waals surface area contributed by atoms with Crippen LogP contribution in [0.2, 0.25) is 0 Å². The molecule has 6 rings (SSSR count). The number of hydrogen-bond donors (Lipinski definition) is 9. The summed E-state index contributed by atoms with van der Waals surface area (Å²) in [7, 11) is 1.58. The van der Waals surface area contributed by atoms with E-state index in [1.807, 2.05) is 0 Å². The topological polar surface area (TPSA) is 258 Å². The van der Waals surface area contributed by atoms with Crippen molar-refractivity contribution in [3.8, 4) is 11.5 Å². The number of hydrogen-bond acceptors (Lipinski definition) is 12. The number of alkyl halides is 3. The van der Waals surface area contributed by atoms with E-state index in [0.29, 0.717) is 61.4 Å². The van der Waals surface area contributed by atoms with E-state index in [1.54, 1.807) is 49.1 Å². The Bertz CT molecular complexity index is 2260. The van der Waals surface area contributed by atoms with E-state index >= 15 is 0 Å². The number of aromatic hydroxyl groups is 1. The average Bonchev–Trinajstić information content (AvgIpc) is 3.76. The van der Waals surface area contributed by atoms with Crippen LogP contribution in [0.15, 0.2) is 79.0 Å². The first-order valence-corrected chi connectivity index (χ1v) is 22.0. The van der Waals surface area contributed by atoms with Gasteiger partial charge in [-0.2, -0.15) is 13.2 Å². The molecule has 2 aliphatic heterocycles. The molecule has 0 spiro atoms. The van der Waals surface area contributed by atoms with Crippen molar-refractivity contribution in [3.63, 3.8) is 0 Å². The molecule has 21 heteroatoms. The molecule has 3 heterocycles. The minimum absolute atomic E-state index is 0.00152. The maximum atomic E-state index is 14.4. The number of aliphatic hydroxyl groups is 1. The van der Waals surface area contributed by atoms with Gasteiger partial charge in [0.15, 0.2) is 0 Å². The molecule has 4 aromatic rings. The molecule has 4 bridgehead atoms. The van der Waals surface area contributed by atoms with E-state index in [9.17, 15) is 52.5 Å². The Kier molecular flexibility index (Phi) is 19.0. The normalized spacial score (nSPS) is 21.7. The van der Waals surface area contributed by atoms with E-state index < -0.39 is 78.3 Å². The standard InChI is InChI=1S/C46H58F3N9O9/c1-28(50-2)41(61)52-36-9-3-4-20-51-40(60)19-14-33-27-58(57-56-33)21-6-22-67-35-17-12-30(13-18-35)25-39(45(65)66)55-44(64)38(26-31-7-5-8-32(23-31)46(47,48)49)54-43(63)37(53-42(36)62)24-29-10-15-34(59)16-11-29/h5,7-8,10-13,15-18,23,27-28,36-39,42,50,53,59,62H,3-4,6,9,14,19-22,24-26H2,1-2H3,(H,51,60)(H,52,61)(H,54,63)(H,55,64)(H,65,66)/t28-,36-,37-,38-,39+,42?/m0/s1. The number of halogens is 3. The van der Waals surface area contributed by atoms with E-state index in [-0.39, 0.29) is 49.4 Å². The molecule has 1 aromatic heterocycles. The maximum absolute atomic E-state index is 14.4. The number of aliphatic hydroxyl groups excluding tert-OH is 1. The van der Waals surface area contributed by atoms with Crippen LogP contribution < -0.4 is 36.6 Å². The molecule has 0 saturated heterocycles. The van der Waals surface area contributed by atoms with Crippen molar-refractivity contribution in [2.24, 2.45) is 0 Å². The molecule has 2 aliphatic rings. The van der Waals surface area contributed by atoms with Gasteiger partial charge in [-0.05, 0) is 86.7 Å². The lowest BCUT2D eigenvalue weighted by molar-refractivity contribution is -0.142. The van der Waals surface area contributed by atoms with Gasteiger partial charge in [0.1, 0.15) is 29.8 Å². The highest BCUT2D eigenvalue weighted by atomic mass is 19.4. The van der Waals surface area contributed by atoms with Gasteiger partial charge < -0.3 is 46.6 Å². The number of aliphatic carboxylic acids is 1. The molecule has 1 unspecified atom stereocenters. The summed E-state index contributed by atoms with van der Waals surface area (Å²) in [5.41, 5.74) is 0.622. The van der Waals surface area contributed by atoms with Crippen molar-refractivity contribution in [1.82, 2.24) is 46.9 Å². The number of nitrogens with one attached hydrogen (secondary N) is 6. The minimum Gasteiger partial charge on any atom is -0.508 e. The van der Waals surface area contributed by atoms with Gasteiger partial charge >= 0.3 is 12.1 Å². The first-order chi connectivity index (χ1) is 32.0. The molecule has 0 radical (unpaired) electrons. The summed E-state index contributed by atoms with van der Waals surface area (Å²) in [5, 5.41) is 56.6. The molecule has 0 fully saturated rings. The third-order valence-electron chi connectivity index (χ3n) is 11.2. The van der Waals surface area contributed by atoms with Gasteiger partial charge in [0.2, 0.25) is 23.6 Å². The fourth-order valence-electron chi connectivity index (χ4n) is 7.21.